The summed E-state index contributed by atoms with van der Waals surface area (Å²) < 4.78 is 0. The molecule has 1 unspecified atom stereocenters. The molecule has 2 amide bonds. The summed E-state index contributed by atoms with van der Waals surface area (Å²) in [6, 6.07) is -0.208. The van der Waals surface area contributed by atoms with Crippen molar-refractivity contribution in [1.29, 1.82) is 0 Å². The van der Waals surface area contributed by atoms with Crippen LogP contribution in [0.4, 0.5) is 0 Å². The second-order valence-electron chi connectivity index (χ2n) is 4.61. The third kappa shape index (κ3) is 5.17. The molecule has 17 heavy (non-hydrogen) atoms. The summed E-state index contributed by atoms with van der Waals surface area (Å²) in [6.45, 7) is 2.43. The first-order valence-corrected chi connectivity index (χ1v) is 6.45. The van der Waals surface area contributed by atoms with E-state index in [1.165, 1.54) is 19.3 Å². The molecule has 0 heterocycles. The fraction of sp³-hybridized carbons (Fsp3) is 0.833. The molecule has 0 aliphatic heterocycles. The highest BCUT2D eigenvalue weighted by molar-refractivity contribution is 5.87. The number of nitrogens with two attached hydrogens (primary N) is 1. The maximum atomic E-state index is 11.4. The first kappa shape index (κ1) is 14.0. The molecule has 98 valence electrons. The Labute approximate surface area is 103 Å². The van der Waals surface area contributed by atoms with E-state index in [1.54, 1.807) is 0 Å². The van der Waals surface area contributed by atoms with Gasteiger partial charge in [-0.1, -0.05) is 19.3 Å². The molecular formula is C12H23N3O2. The van der Waals surface area contributed by atoms with Gasteiger partial charge < -0.3 is 16.4 Å². The minimum Gasteiger partial charge on any atom is -0.368 e. The number of amides is 2. The molecule has 0 bridgehead atoms. The zero-order chi connectivity index (χ0) is 12.7. The third-order valence-corrected chi connectivity index (χ3v) is 3.15. The van der Waals surface area contributed by atoms with Crippen LogP contribution in [0.2, 0.25) is 0 Å². The quantitative estimate of drug-likeness (QED) is 0.625. The van der Waals surface area contributed by atoms with Crippen molar-refractivity contribution < 1.29 is 9.59 Å². The van der Waals surface area contributed by atoms with Crippen LogP contribution in [0.3, 0.4) is 0 Å². The van der Waals surface area contributed by atoms with Crippen LogP contribution in [0, 0.1) is 0 Å². The number of rotatable bonds is 6. The molecule has 1 aliphatic rings. The van der Waals surface area contributed by atoms with Gasteiger partial charge in [0.25, 0.3) is 0 Å². The average Bonchev–Trinajstić information content (AvgIpc) is 2.29. The van der Waals surface area contributed by atoms with E-state index in [1.807, 2.05) is 6.92 Å². The van der Waals surface area contributed by atoms with Crippen LogP contribution in [0.5, 0.6) is 0 Å². The Morgan fingerprint density at radius 1 is 1.29 bits per heavy atom. The van der Waals surface area contributed by atoms with Crippen molar-refractivity contribution in [1.82, 2.24) is 10.6 Å². The second-order valence-corrected chi connectivity index (χ2v) is 4.61. The first-order chi connectivity index (χ1) is 8.13. The number of nitrogens with one attached hydrogen (secondary N) is 2. The summed E-state index contributed by atoms with van der Waals surface area (Å²) in [5.41, 5.74) is 5.32. The van der Waals surface area contributed by atoms with Crippen LogP contribution in [-0.2, 0) is 9.59 Å². The first-order valence-electron chi connectivity index (χ1n) is 6.45. The van der Waals surface area contributed by atoms with Crippen molar-refractivity contribution >= 4 is 11.8 Å². The minimum absolute atomic E-state index is 0.125. The van der Waals surface area contributed by atoms with Gasteiger partial charge in [-0.3, -0.25) is 9.59 Å². The lowest BCUT2D eigenvalue weighted by molar-refractivity contribution is -0.126. The normalized spacial score (nSPS) is 18.6. The van der Waals surface area contributed by atoms with E-state index < -0.39 is 11.9 Å². The van der Waals surface area contributed by atoms with Crippen molar-refractivity contribution in [3.63, 3.8) is 0 Å². The Hall–Kier alpha value is -1.10. The SMILES string of the molecule is CCNC(=O)CC(NC1CCCCC1)C(N)=O. The maximum Gasteiger partial charge on any atom is 0.235 e. The smallest absolute Gasteiger partial charge is 0.235 e. The van der Waals surface area contributed by atoms with E-state index in [0.29, 0.717) is 12.6 Å². The number of hydrogen-bond donors (Lipinski definition) is 3. The number of carbonyl (C=O) groups is 2. The molecule has 0 saturated heterocycles. The molecule has 0 radical (unpaired) electrons. The highest BCUT2D eigenvalue weighted by atomic mass is 16.2. The van der Waals surface area contributed by atoms with Gasteiger partial charge in [0.15, 0.2) is 0 Å². The maximum absolute atomic E-state index is 11.4. The topological polar surface area (TPSA) is 84.2 Å². The van der Waals surface area contributed by atoms with Crippen LogP contribution in [-0.4, -0.2) is 30.4 Å². The fourth-order valence-electron chi connectivity index (χ4n) is 2.25. The van der Waals surface area contributed by atoms with E-state index in [9.17, 15) is 9.59 Å². The predicted molar refractivity (Wildman–Crippen MR) is 66.3 cm³/mol. The Balaban J connectivity index is 2.41. The fourth-order valence-corrected chi connectivity index (χ4v) is 2.25. The predicted octanol–water partition coefficient (Wildman–Crippen LogP) is 0.289. The Kier molecular flexibility index (Phi) is 5.97. The van der Waals surface area contributed by atoms with Crippen LogP contribution < -0.4 is 16.4 Å². The molecule has 4 N–H and O–H groups in total. The van der Waals surface area contributed by atoms with Crippen molar-refractivity contribution in [2.45, 2.75) is 57.5 Å². The molecule has 1 saturated carbocycles. The van der Waals surface area contributed by atoms with Crippen molar-refractivity contribution in [2.75, 3.05) is 6.54 Å². The Bertz CT molecular complexity index is 262. The summed E-state index contributed by atoms with van der Waals surface area (Å²) in [6.07, 6.45) is 5.91. The van der Waals surface area contributed by atoms with Gasteiger partial charge in [-0.25, -0.2) is 0 Å². The van der Waals surface area contributed by atoms with Gasteiger partial charge in [-0.2, -0.15) is 0 Å². The number of primary amides is 1. The largest absolute Gasteiger partial charge is 0.368 e. The molecule has 0 aromatic rings. The Morgan fingerprint density at radius 3 is 2.47 bits per heavy atom. The van der Waals surface area contributed by atoms with E-state index >= 15 is 0 Å². The van der Waals surface area contributed by atoms with Gasteiger partial charge in [-0.05, 0) is 19.8 Å². The molecule has 0 spiro atoms. The van der Waals surface area contributed by atoms with Gasteiger partial charge in [0.1, 0.15) is 0 Å². The minimum atomic E-state index is -0.537. The Morgan fingerprint density at radius 2 is 1.94 bits per heavy atom. The molecular weight excluding hydrogens is 218 g/mol. The van der Waals surface area contributed by atoms with E-state index in [0.717, 1.165) is 12.8 Å². The van der Waals surface area contributed by atoms with Gasteiger partial charge in [0.2, 0.25) is 11.8 Å². The number of carbonyl (C=O) groups excluding carboxylic acids is 2. The van der Waals surface area contributed by atoms with Gasteiger partial charge in [-0.15, -0.1) is 0 Å². The summed E-state index contributed by atoms with van der Waals surface area (Å²) in [7, 11) is 0. The summed E-state index contributed by atoms with van der Waals surface area (Å²) >= 11 is 0. The van der Waals surface area contributed by atoms with Crippen LogP contribution in [0.25, 0.3) is 0 Å². The second kappa shape index (κ2) is 7.27. The lowest BCUT2D eigenvalue weighted by Gasteiger charge is -2.26. The van der Waals surface area contributed by atoms with Crippen molar-refractivity contribution in [3.05, 3.63) is 0 Å². The molecule has 1 rings (SSSR count). The monoisotopic (exact) mass is 241 g/mol. The molecule has 5 heteroatoms. The molecule has 1 aliphatic carbocycles. The summed E-state index contributed by atoms with van der Waals surface area (Å²) in [4.78, 5) is 22.7. The highest BCUT2D eigenvalue weighted by Crippen LogP contribution is 2.18. The lowest BCUT2D eigenvalue weighted by atomic mass is 9.94. The van der Waals surface area contributed by atoms with Crippen LogP contribution in [0.15, 0.2) is 0 Å². The van der Waals surface area contributed by atoms with Gasteiger partial charge in [0.05, 0.1) is 12.5 Å². The highest BCUT2D eigenvalue weighted by Gasteiger charge is 2.23. The standard InChI is InChI=1S/C12H23N3O2/c1-2-14-11(16)8-10(12(13)17)15-9-6-4-3-5-7-9/h9-10,15H,2-8H2,1H3,(H2,13,17)(H,14,16). The molecule has 5 nitrogen and oxygen atoms in total. The van der Waals surface area contributed by atoms with Gasteiger partial charge in [0, 0.05) is 12.6 Å². The zero-order valence-electron chi connectivity index (χ0n) is 10.5. The van der Waals surface area contributed by atoms with Crippen molar-refractivity contribution in [3.8, 4) is 0 Å². The van der Waals surface area contributed by atoms with Crippen LogP contribution >= 0.6 is 0 Å². The molecule has 0 aromatic heterocycles. The molecule has 0 aromatic carbocycles. The van der Waals surface area contributed by atoms with E-state index in [2.05, 4.69) is 10.6 Å². The van der Waals surface area contributed by atoms with E-state index in [4.69, 9.17) is 5.73 Å². The molecule has 1 fully saturated rings. The average molecular weight is 241 g/mol. The van der Waals surface area contributed by atoms with Crippen LogP contribution in [0.1, 0.15) is 45.4 Å². The van der Waals surface area contributed by atoms with E-state index in [-0.39, 0.29) is 12.3 Å². The molecule has 1 atom stereocenters. The summed E-state index contributed by atoms with van der Waals surface area (Å²) in [5.74, 6) is -0.568. The van der Waals surface area contributed by atoms with Gasteiger partial charge >= 0.3 is 0 Å². The third-order valence-electron chi connectivity index (χ3n) is 3.15. The summed E-state index contributed by atoms with van der Waals surface area (Å²) in [5, 5.41) is 5.89. The zero-order valence-corrected chi connectivity index (χ0v) is 10.5. The number of hydrogen-bond acceptors (Lipinski definition) is 3. The lowest BCUT2D eigenvalue weighted by Crippen LogP contribution is -2.49. The van der Waals surface area contributed by atoms with Crippen molar-refractivity contribution in [2.24, 2.45) is 5.73 Å².